The molecule has 2 heterocycles. The number of hydrogen-bond donors (Lipinski definition) is 5. The van der Waals surface area contributed by atoms with Gasteiger partial charge in [-0.2, -0.15) is 0 Å². The maximum atomic E-state index is 13.3. The molecule has 0 aliphatic carbocycles. The number of nitrogens with zero attached hydrogens (tertiary/aromatic N) is 2. The smallest absolute Gasteiger partial charge is 0.243 e. The Hall–Kier alpha value is -3.22. The van der Waals surface area contributed by atoms with E-state index in [0.717, 1.165) is 32.1 Å². The zero-order valence-electron chi connectivity index (χ0n) is 22.3. The first-order valence-electron chi connectivity index (χ1n) is 13.5. The summed E-state index contributed by atoms with van der Waals surface area (Å²) in [7, 11) is 0. The predicted octanol–water partition coefficient (Wildman–Crippen LogP) is -1.38. The van der Waals surface area contributed by atoms with Gasteiger partial charge in [-0.05, 0) is 38.5 Å². The second-order valence-electron chi connectivity index (χ2n) is 10.2. The Morgan fingerprint density at radius 2 is 1.61 bits per heavy atom. The molecule has 8 N–H and O–H groups in total. The average molecular weight is 538 g/mol. The third-order valence-corrected chi connectivity index (χ3v) is 7.18. The summed E-state index contributed by atoms with van der Waals surface area (Å²) in [6.07, 6.45) is 5.96. The van der Waals surface area contributed by atoms with Crippen LogP contribution in [0.25, 0.3) is 0 Å². The number of nitrogens with two attached hydrogens (primary N) is 3. The first kappa shape index (κ1) is 31.0. The molecule has 2 saturated heterocycles. The molecule has 0 aromatic heterocycles. The van der Waals surface area contributed by atoms with Crippen LogP contribution in [0.5, 0.6) is 0 Å². The van der Waals surface area contributed by atoms with Gasteiger partial charge in [-0.1, -0.05) is 19.3 Å². The molecule has 4 atom stereocenters. The molecule has 0 unspecified atom stereocenters. The lowest BCUT2D eigenvalue weighted by atomic mass is 10.1. The number of hydrogen-bond acceptors (Lipinski definition) is 7. The summed E-state index contributed by atoms with van der Waals surface area (Å²) in [6, 6.07) is -2.93. The van der Waals surface area contributed by atoms with Gasteiger partial charge < -0.3 is 37.6 Å². The van der Waals surface area contributed by atoms with Gasteiger partial charge >= 0.3 is 0 Å². The Balaban J connectivity index is 1.94. The molecule has 6 amide bonds. The van der Waals surface area contributed by atoms with Crippen LogP contribution in [0.4, 0.5) is 0 Å². The standard InChI is InChI=1S/C25H43N7O6/c1-16(33)31-14-12-17-8-10-20(32(17)25(38)18(26)15-31)24(37)30-19(9-11-22(28)35)23(36)29-13-6-4-2-3-5-7-21(27)34/h17-20H,2-15,26H2,1H3,(H2,27,34)(H2,28,35)(H,29,36)(H,30,37)/t17-,18+,19+,20+/m1/s1. The van der Waals surface area contributed by atoms with Crippen molar-refractivity contribution in [1.82, 2.24) is 20.4 Å². The summed E-state index contributed by atoms with van der Waals surface area (Å²) < 4.78 is 0. The third-order valence-electron chi connectivity index (χ3n) is 7.18. The van der Waals surface area contributed by atoms with Gasteiger partial charge in [0.1, 0.15) is 18.1 Å². The van der Waals surface area contributed by atoms with Gasteiger partial charge in [0.15, 0.2) is 0 Å². The number of nitrogens with one attached hydrogen (secondary N) is 2. The summed E-state index contributed by atoms with van der Waals surface area (Å²) in [5.74, 6) is -2.35. The van der Waals surface area contributed by atoms with Gasteiger partial charge in [-0.15, -0.1) is 0 Å². The predicted molar refractivity (Wildman–Crippen MR) is 139 cm³/mol. The molecule has 0 radical (unpaired) electrons. The molecule has 214 valence electrons. The van der Waals surface area contributed by atoms with E-state index in [4.69, 9.17) is 17.2 Å². The molecule has 2 fully saturated rings. The van der Waals surface area contributed by atoms with Crippen molar-refractivity contribution in [2.45, 2.75) is 102 Å². The van der Waals surface area contributed by atoms with Gasteiger partial charge in [-0.25, -0.2) is 0 Å². The van der Waals surface area contributed by atoms with E-state index in [2.05, 4.69) is 10.6 Å². The van der Waals surface area contributed by atoms with Gasteiger partial charge in [0, 0.05) is 45.4 Å². The minimum atomic E-state index is -0.976. The maximum absolute atomic E-state index is 13.3. The maximum Gasteiger partial charge on any atom is 0.243 e. The van der Waals surface area contributed by atoms with Crippen LogP contribution in [0, 0.1) is 0 Å². The van der Waals surface area contributed by atoms with Gasteiger partial charge in [0.2, 0.25) is 35.4 Å². The normalized spacial score (nSPS) is 22.2. The number of amides is 6. The summed E-state index contributed by atoms with van der Waals surface area (Å²) in [6.45, 7) is 2.36. The van der Waals surface area contributed by atoms with Gasteiger partial charge in [-0.3, -0.25) is 28.8 Å². The Morgan fingerprint density at radius 3 is 2.26 bits per heavy atom. The molecule has 0 saturated carbocycles. The van der Waals surface area contributed by atoms with Crippen molar-refractivity contribution in [2.75, 3.05) is 19.6 Å². The third kappa shape index (κ3) is 9.58. The fourth-order valence-corrected chi connectivity index (χ4v) is 5.06. The first-order chi connectivity index (χ1) is 18.0. The molecule has 0 aromatic carbocycles. The number of carbonyl (C=O) groups is 6. The molecule has 2 rings (SSSR count). The molecule has 0 bridgehead atoms. The van der Waals surface area contributed by atoms with E-state index in [0.29, 0.717) is 38.8 Å². The Labute approximate surface area is 223 Å². The lowest BCUT2D eigenvalue weighted by Crippen LogP contribution is -2.60. The monoisotopic (exact) mass is 537 g/mol. The fraction of sp³-hybridized carbons (Fsp3) is 0.760. The van der Waals surface area contributed by atoms with Crippen LogP contribution < -0.4 is 27.8 Å². The van der Waals surface area contributed by atoms with E-state index in [9.17, 15) is 28.8 Å². The topological polar surface area (TPSA) is 211 Å². The molecule has 2 aliphatic rings. The van der Waals surface area contributed by atoms with Crippen LogP contribution in [0.3, 0.4) is 0 Å². The Bertz CT molecular complexity index is 882. The van der Waals surface area contributed by atoms with Crippen molar-refractivity contribution in [1.29, 1.82) is 0 Å². The summed E-state index contributed by atoms with van der Waals surface area (Å²) >= 11 is 0. The van der Waals surface area contributed by atoms with Crippen molar-refractivity contribution < 1.29 is 28.8 Å². The average Bonchev–Trinajstić information content (AvgIpc) is 3.27. The van der Waals surface area contributed by atoms with Crippen molar-refractivity contribution >= 4 is 35.4 Å². The molecule has 38 heavy (non-hydrogen) atoms. The number of unbranched alkanes of at least 4 members (excludes halogenated alkanes) is 4. The minimum Gasteiger partial charge on any atom is -0.370 e. The Morgan fingerprint density at radius 1 is 0.947 bits per heavy atom. The molecular formula is C25H43N7O6. The highest BCUT2D eigenvalue weighted by molar-refractivity contribution is 5.94. The van der Waals surface area contributed by atoms with E-state index < -0.39 is 41.8 Å². The first-order valence-corrected chi connectivity index (χ1v) is 13.5. The van der Waals surface area contributed by atoms with Gasteiger partial charge in [0.25, 0.3) is 0 Å². The molecule has 2 aliphatic heterocycles. The van der Waals surface area contributed by atoms with E-state index in [-0.39, 0.29) is 37.2 Å². The highest BCUT2D eigenvalue weighted by Gasteiger charge is 2.44. The number of carbonyl (C=O) groups excluding carboxylic acids is 6. The van der Waals surface area contributed by atoms with E-state index in [1.807, 2.05) is 0 Å². The van der Waals surface area contributed by atoms with Crippen LogP contribution in [-0.4, -0.2) is 89.0 Å². The summed E-state index contributed by atoms with van der Waals surface area (Å²) in [5.41, 5.74) is 16.5. The fourth-order valence-electron chi connectivity index (χ4n) is 5.06. The second-order valence-corrected chi connectivity index (χ2v) is 10.2. The minimum absolute atomic E-state index is 0.0389. The van der Waals surface area contributed by atoms with Crippen molar-refractivity contribution in [3.63, 3.8) is 0 Å². The second kappa shape index (κ2) is 15.3. The largest absolute Gasteiger partial charge is 0.370 e. The van der Waals surface area contributed by atoms with Crippen LogP contribution >= 0.6 is 0 Å². The van der Waals surface area contributed by atoms with E-state index in [1.165, 1.54) is 11.8 Å². The van der Waals surface area contributed by atoms with Crippen LogP contribution in [0.1, 0.15) is 77.6 Å². The van der Waals surface area contributed by atoms with Crippen LogP contribution in [0.15, 0.2) is 0 Å². The number of fused-ring (bicyclic) bond motifs is 1. The molecule has 0 spiro atoms. The zero-order valence-corrected chi connectivity index (χ0v) is 22.3. The molecule has 0 aromatic rings. The lowest BCUT2D eigenvalue weighted by Gasteiger charge is -2.37. The number of rotatable bonds is 14. The van der Waals surface area contributed by atoms with Crippen LogP contribution in [0.2, 0.25) is 0 Å². The number of primary amides is 2. The van der Waals surface area contributed by atoms with E-state index in [1.54, 1.807) is 4.90 Å². The quantitative estimate of drug-likeness (QED) is 0.167. The SMILES string of the molecule is CC(=O)N1CC[C@H]2CC[C@@H](C(=O)N[C@@H](CCC(N)=O)C(=O)NCCCCCCCC(N)=O)N2C(=O)[C@@H](N)C1. The van der Waals surface area contributed by atoms with Crippen molar-refractivity contribution in [3.8, 4) is 0 Å². The highest BCUT2D eigenvalue weighted by Crippen LogP contribution is 2.29. The summed E-state index contributed by atoms with van der Waals surface area (Å²) in [5, 5.41) is 5.52. The van der Waals surface area contributed by atoms with E-state index >= 15 is 0 Å². The Kier molecular flexibility index (Phi) is 12.4. The molecular weight excluding hydrogens is 494 g/mol. The molecule has 13 heteroatoms. The lowest BCUT2D eigenvalue weighted by molar-refractivity contribution is -0.144. The zero-order chi connectivity index (χ0) is 28.2. The van der Waals surface area contributed by atoms with Crippen molar-refractivity contribution in [2.24, 2.45) is 17.2 Å². The molecule has 13 nitrogen and oxygen atoms in total. The van der Waals surface area contributed by atoms with Gasteiger partial charge in [0.05, 0.1) is 0 Å². The highest BCUT2D eigenvalue weighted by atomic mass is 16.2. The summed E-state index contributed by atoms with van der Waals surface area (Å²) in [4.78, 5) is 76.3. The van der Waals surface area contributed by atoms with Crippen LogP contribution in [-0.2, 0) is 28.8 Å². The van der Waals surface area contributed by atoms with Crippen molar-refractivity contribution in [3.05, 3.63) is 0 Å².